The second-order valence-electron chi connectivity index (χ2n) is 5.75. The fraction of sp³-hybridized carbons (Fsp3) is 0.667. The number of rotatable bonds is 5. The number of nitrogens with zero attached hydrogens (tertiary/aromatic N) is 2. The summed E-state index contributed by atoms with van der Waals surface area (Å²) in [5, 5.41) is 2.85. The third kappa shape index (κ3) is 3.62. The summed E-state index contributed by atoms with van der Waals surface area (Å²) < 4.78 is 7.09. The zero-order valence-corrected chi connectivity index (χ0v) is 12.8. The predicted octanol–water partition coefficient (Wildman–Crippen LogP) is 1.15. The highest BCUT2D eigenvalue weighted by molar-refractivity contribution is 5.86. The highest BCUT2D eigenvalue weighted by Crippen LogP contribution is 2.20. The van der Waals surface area contributed by atoms with Crippen molar-refractivity contribution in [1.29, 1.82) is 0 Å². The number of hydrogen-bond acceptors (Lipinski definition) is 4. The van der Waals surface area contributed by atoms with Crippen LogP contribution in [-0.4, -0.2) is 34.1 Å². The molecular formula is C15H23N3O3. The molecule has 21 heavy (non-hydrogen) atoms. The molecule has 0 radical (unpaired) electrons. The number of carbonyl (C=O) groups excluding carboxylic acids is 2. The summed E-state index contributed by atoms with van der Waals surface area (Å²) in [6.45, 7) is 6.68. The molecule has 6 heteroatoms. The molecule has 2 heterocycles. The van der Waals surface area contributed by atoms with Crippen LogP contribution in [0.3, 0.4) is 0 Å². The number of hydrogen-bond donors (Lipinski definition) is 1. The molecule has 0 fully saturated rings. The average molecular weight is 293 g/mol. The Kier molecular flexibility index (Phi) is 4.98. The van der Waals surface area contributed by atoms with Crippen molar-refractivity contribution in [3.63, 3.8) is 0 Å². The minimum Gasteiger partial charge on any atom is -0.464 e. The van der Waals surface area contributed by atoms with Crippen molar-refractivity contribution in [3.05, 3.63) is 18.2 Å². The highest BCUT2D eigenvalue weighted by atomic mass is 16.5. The van der Waals surface area contributed by atoms with Gasteiger partial charge in [-0.3, -0.25) is 4.79 Å². The van der Waals surface area contributed by atoms with E-state index in [9.17, 15) is 9.59 Å². The fourth-order valence-electron chi connectivity index (χ4n) is 2.59. The van der Waals surface area contributed by atoms with Gasteiger partial charge in [0.25, 0.3) is 0 Å². The van der Waals surface area contributed by atoms with Gasteiger partial charge >= 0.3 is 5.97 Å². The third-order valence-electron chi connectivity index (χ3n) is 3.85. The third-order valence-corrected chi connectivity index (χ3v) is 3.85. The van der Waals surface area contributed by atoms with Crippen LogP contribution in [0.2, 0.25) is 0 Å². The van der Waals surface area contributed by atoms with Gasteiger partial charge in [0.15, 0.2) is 0 Å². The van der Waals surface area contributed by atoms with E-state index in [0.29, 0.717) is 13.0 Å². The van der Waals surface area contributed by atoms with Gasteiger partial charge in [0, 0.05) is 30.8 Å². The Bertz CT molecular complexity index is 510. The maximum absolute atomic E-state index is 12.4. The first-order valence-electron chi connectivity index (χ1n) is 7.49. The lowest BCUT2D eigenvalue weighted by Gasteiger charge is -2.26. The molecule has 6 nitrogen and oxygen atoms in total. The van der Waals surface area contributed by atoms with E-state index in [-0.39, 0.29) is 23.7 Å². The van der Waals surface area contributed by atoms with Crippen LogP contribution in [0.1, 0.15) is 32.9 Å². The predicted molar refractivity (Wildman–Crippen MR) is 77.4 cm³/mol. The van der Waals surface area contributed by atoms with Crippen molar-refractivity contribution >= 4 is 11.9 Å². The molecule has 0 saturated carbocycles. The van der Waals surface area contributed by atoms with Gasteiger partial charge in [0.05, 0.1) is 12.9 Å². The molecular weight excluding hydrogens is 270 g/mol. The molecule has 0 unspecified atom stereocenters. The average Bonchev–Trinajstić information content (AvgIpc) is 2.91. The Labute approximate surface area is 124 Å². The van der Waals surface area contributed by atoms with Crippen molar-refractivity contribution in [2.24, 2.45) is 11.8 Å². The molecule has 0 spiro atoms. The van der Waals surface area contributed by atoms with Crippen LogP contribution in [0.5, 0.6) is 0 Å². The van der Waals surface area contributed by atoms with Crippen LogP contribution < -0.4 is 5.32 Å². The Balaban J connectivity index is 1.98. The van der Waals surface area contributed by atoms with Crippen LogP contribution in [0.25, 0.3) is 0 Å². The van der Waals surface area contributed by atoms with Gasteiger partial charge in [-0.05, 0) is 19.3 Å². The minimum absolute atomic E-state index is 0.00196. The van der Waals surface area contributed by atoms with Crippen LogP contribution in [0, 0.1) is 11.8 Å². The highest BCUT2D eigenvalue weighted by Gasteiger charge is 2.30. The van der Waals surface area contributed by atoms with Gasteiger partial charge in [-0.25, -0.2) is 9.78 Å². The summed E-state index contributed by atoms with van der Waals surface area (Å²) in [6.07, 6.45) is 5.02. The lowest BCUT2D eigenvalue weighted by Crippen LogP contribution is -2.48. The first-order valence-corrected chi connectivity index (χ1v) is 7.49. The number of esters is 1. The van der Waals surface area contributed by atoms with Gasteiger partial charge in [-0.15, -0.1) is 0 Å². The van der Waals surface area contributed by atoms with Crippen molar-refractivity contribution in [3.8, 4) is 0 Å². The molecule has 1 aromatic heterocycles. The van der Waals surface area contributed by atoms with Crippen molar-refractivity contribution < 1.29 is 14.3 Å². The Morgan fingerprint density at radius 1 is 1.52 bits per heavy atom. The molecule has 1 N–H and O–H groups in total. The Morgan fingerprint density at radius 3 is 2.95 bits per heavy atom. The quantitative estimate of drug-likeness (QED) is 0.827. The van der Waals surface area contributed by atoms with E-state index in [1.165, 1.54) is 0 Å². The number of fused-ring (bicyclic) bond motifs is 1. The summed E-state index contributed by atoms with van der Waals surface area (Å²) in [5.41, 5.74) is 1.07. The van der Waals surface area contributed by atoms with E-state index in [1.54, 1.807) is 19.4 Å². The molecule has 0 saturated heterocycles. The van der Waals surface area contributed by atoms with Gasteiger partial charge in [0.2, 0.25) is 5.91 Å². The van der Waals surface area contributed by atoms with E-state index >= 15 is 0 Å². The summed E-state index contributed by atoms with van der Waals surface area (Å²) in [7, 11) is 0. The van der Waals surface area contributed by atoms with Gasteiger partial charge in [0.1, 0.15) is 6.04 Å². The maximum Gasteiger partial charge on any atom is 0.328 e. The lowest BCUT2D eigenvalue weighted by molar-refractivity contribution is -0.149. The SMILES string of the molecule is CCOC(=O)[C@H](NC(=O)[C@@H]1CCn2cncc2C1)C(C)C. The zero-order valence-electron chi connectivity index (χ0n) is 12.8. The zero-order chi connectivity index (χ0) is 15.4. The van der Waals surface area contributed by atoms with E-state index in [1.807, 2.05) is 13.8 Å². The number of imidazole rings is 1. The number of nitrogens with one attached hydrogen (secondary N) is 1. The number of aromatic nitrogens is 2. The Hall–Kier alpha value is -1.85. The number of carbonyl (C=O) groups is 2. The summed E-state index contributed by atoms with van der Waals surface area (Å²) in [4.78, 5) is 28.4. The number of aryl methyl sites for hydroxylation is 1. The molecule has 1 aliphatic heterocycles. The molecule has 0 aliphatic carbocycles. The van der Waals surface area contributed by atoms with Crippen LogP contribution >= 0.6 is 0 Å². The smallest absolute Gasteiger partial charge is 0.328 e. The molecule has 0 bridgehead atoms. The second-order valence-corrected chi connectivity index (χ2v) is 5.75. The normalized spacial score (nSPS) is 19.0. The van der Waals surface area contributed by atoms with Crippen LogP contribution in [0.4, 0.5) is 0 Å². The minimum atomic E-state index is -0.579. The van der Waals surface area contributed by atoms with E-state index in [0.717, 1.165) is 18.7 Å². The molecule has 116 valence electrons. The molecule has 1 amide bonds. The fourth-order valence-corrected chi connectivity index (χ4v) is 2.59. The van der Waals surface area contributed by atoms with E-state index < -0.39 is 6.04 Å². The molecule has 0 aromatic carbocycles. The number of amides is 1. The van der Waals surface area contributed by atoms with E-state index in [4.69, 9.17) is 4.74 Å². The van der Waals surface area contributed by atoms with Crippen molar-refractivity contribution in [1.82, 2.24) is 14.9 Å². The van der Waals surface area contributed by atoms with Gasteiger partial charge in [-0.2, -0.15) is 0 Å². The molecule has 2 atom stereocenters. The standard InChI is InChI=1S/C15H23N3O3/c1-4-21-15(20)13(10(2)3)17-14(19)11-5-6-18-9-16-8-12(18)7-11/h8-11,13H,4-7H2,1-3H3,(H,17,19)/t11-,13-/m1/s1. The molecule has 1 aromatic rings. The second kappa shape index (κ2) is 6.74. The summed E-state index contributed by atoms with van der Waals surface area (Å²) in [5.74, 6) is -0.539. The topological polar surface area (TPSA) is 73.2 Å². The molecule has 2 rings (SSSR count). The first-order chi connectivity index (χ1) is 10.0. The maximum atomic E-state index is 12.4. The van der Waals surface area contributed by atoms with Gasteiger partial charge < -0.3 is 14.6 Å². The van der Waals surface area contributed by atoms with Crippen LogP contribution in [-0.2, 0) is 27.3 Å². The summed E-state index contributed by atoms with van der Waals surface area (Å²) in [6, 6.07) is -0.579. The summed E-state index contributed by atoms with van der Waals surface area (Å²) >= 11 is 0. The monoisotopic (exact) mass is 293 g/mol. The number of ether oxygens (including phenoxy) is 1. The van der Waals surface area contributed by atoms with Gasteiger partial charge in [-0.1, -0.05) is 13.8 Å². The molecule has 1 aliphatic rings. The van der Waals surface area contributed by atoms with Crippen molar-refractivity contribution in [2.45, 2.75) is 46.2 Å². The van der Waals surface area contributed by atoms with Crippen LogP contribution in [0.15, 0.2) is 12.5 Å². The largest absolute Gasteiger partial charge is 0.464 e. The lowest BCUT2D eigenvalue weighted by atomic mass is 9.94. The first kappa shape index (κ1) is 15.5. The Morgan fingerprint density at radius 2 is 2.29 bits per heavy atom. The van der Waals surface area contributed by atoms with E-state index in [2.05, 4.69) is 14.9 Å². The van der Waals surface area contributed by atoms with Crippen molar-refractivity contribution in [2.75, 3.05) is 6.61 Å².